The van der Waals surface area contributed by atoms with Gasteiger partial charge < -0.3 is 10.2 Å². The molecule has 1 unspecified atom stereocenters. The predicted octanol–water partition coefficient (Wildman–Crippen LogP) is 4.27. The molecule has 7 heteroatoms. The average Bonchev–Trinajstić information content (AvgIpc) is 2.74. The molecule has 3 aromatic rings. The number of aromatic nitrogens is 3. The lowest BCUT2D eigenvalue weighted by atomic mass is 10.1. The highest BCUT2D eigenvalue weighted by atomic mass is 79.9. The molecule has 6 nitrogen and oxygen atoms in total. The SMILES string of the molecule is Br.CCCC(Nc1nccc2ccccc12)N1CCN(c2ncc(C)cn2)CC1. The van der Waals surface area contributed by atoms with Gasteiger partial charge in [-0.1, -0.05) is 37.6 Å². The molecule has 3 heterocycles. The number of nitrogens with zero attached hydrogens (tertiary/aromatic N) is 5. The minimum atomic E-state index is 0. The van der Waals surface area contributed by atoms with Crippen LogP contribution < -0.4 is 10.2 Å². The van der Waals surface area contributed by atoms with Crippen molar-refractivity contribution < 1.29 is 0 Å². The molecule has 0 bridgehead atoms. The maximum Gasteiger partial charge on any atom is 0.225 e. The molecule has 1 saturated heterocycles. The van der Waals surface area contributed by atoms with Gasteiger partial charge in [0.25, 0.3) is 0 Å². The Bertz CT molecular complexity index is 903. The van der Waals surface area contributed by atoms with E-state index >= 15 is 0 Å². The molecule has 0 saturated carbocycles. The molecule has 1 aliphatic heterocycles. The van der Waals surface area contributed by atoms with Crippen molar-refractivity contribution in [1.29, 1.82) is 0 Å². The zero-order chi connectivity index (χ0) is 19.3. The van der Waals surface area contributed by atoms with Gasteiger partial charge in [0.2, 0.25) is 5.95 Å². The number of hydrogen-bond acceptors (Lipinski definition) is 6. The first-order valence-corrected chi connectivity index (χ1v) is 10.1. The highest BCUT2D eigenvalue weighted by Gasteiger charge is 2.25. The van der Waals surface area contributed by atoms with Gasteiger partial charge >= 0.3 is 0 Å². The van der Waals surface area contributed by atoms with Crippen molar-refractivity contribution in [3.05, 3.63) is 54.5 Å². The summed E-state index contributed by atoms with van der Waals surface area (Å²) in [4.78, 5) is 18.4. The van der Waals surface area contributed by atoms with Crippen LogP contribution in [0.5, 0.6) is 0 Å². The molecule has 0 radical (unpaired) electrons. The molecule has 0 amide bonds. The fraction of sp³-hybridized carbons (Fsp3) is 0.409. The smallest absolute Gasteiger partial charge is 0.225 e. The molecule has 1 aliphatic rings. The van der Waals surface area contributed by atoms with Crippen molar-refractivity contribution >= 4 is 39.5 Å². The molecule has 1 N–H and O–H groups in total. The molecule has 2 aromatic heterocycles. The van der Waals surface area contributed by atoms with Crippen LogP contribution in [0.1, 0.15) is 25.3 Å². The summed E-state index contributed by atoms with van der Waals surface area (Å²) < 4.78 is 0. The van der Waals surface area contributed by atoms with Gasteiger partial charge in [-0.3, -0.25) is 4.90 Å². The second-order valence-corrected chi connectivity index (χ2v) is 7.41. The average molecular weight is 457 g/mol. The largest absolute Gasteiger partial charge is 0.354 e. The Balaban J connectivity index is 0.00000240. The van der Waals surface area contributed by atoms with E-state index in [0.717, 1.165) is 56.4 Å². The van der Waals surface area contributed by atoms with Crippen LogP contribution in [0.4, 0.5) is 11.8 Å². The van der Waals surface area contributed by atoms with Crippen LogP contribution in [0.15, 0.2) is 48.9 Å². The molecule has 0 spiro atoms. The van der Waals surface area contributed by atoms with E-state index < -0.39 is 0 Å². The van der Waals surface area contributed by atoms with Crippen molar-refractivity contribution in [3.63, 3.8) is 0 Å². The molecule has 29 heavy (non-hydrogen) atoms. The highest BCUT2D eigenvalue weighted by molar-refractivity contribution is 8.93. The van der Waals surface area contributed by atoms with E-state index in [0.29, 0.717) is 0 Å². The Morgan fingerprint density at radius 2 is 1.72 bits per heavy atom. The quantitative estimate of drug-likeness (QED) is 0.597. The third kappa shape index (κ3) is 5.03. The number of pyridine rings is 1. The molecule has 1 aromatic carbocycles. The number of rotatable bonds is 6. The first kappa shape index (κ1) is 21.5. The van der Waals surface area contributed by atoms with Gasteiger partial charge in [-0.2, -0.15) is 0 Å². The second kappa shape index (κ2) is 9.98. The maximum absolute atomic E-state index is 4.63. The Hall–Kier alpha value is -2.25. The van der Waals surface area contributed by atoms with Crippen LogP contribution in [0.25, 0.3) is 10.8 Å². The third-order valence-corrected chi connectivity index (χ3v) is 5.34. The standard InChI is InChI=1S/C22H28N6.BrH/c1-3-6-20(26-21-19-8-5-4-7-18(19)9-10-23-21)27-11-13-28(14-12-27)22-24-15-17(2)16-25-22;/h4-5,7-10,15-16,20H,3,6,11-14H2,1-2H3,(H,23,26);1H. The summed E-state index contributed by atoms with van der Waals surface area (Å²) in [6.07, 6.45) is 8.17. The molecular weight excluding hydrogens is 428 g/mol. The lowest BCUT2D eigenvalue weighted by Crippen LogP contribution is -2.53. The Morgan fingerprint density at radius 1 is 1.00 bits per heavy atom. The molecule has 1 fully saturated rings. The Kier molecular flexibility index (Phi) is 7.39. The van der Waals surface area contributed by atoms with E-state index in [2.05, 4.69) is 67.3 Å². The summed E-state index contributed by atoms with van der Waals surface area (Å²) in [6.45, 7) is 8.10. The van der Waals surface area contributed by atoms with Crippen LogP contribution in [0, 0.1) is 6.92 Å². The van der Waals surface area contributed by atoms with Crippen molar-refractivity contribution in [1.82, 2.24) is 19.9 Å². The number of halogens is 1. The first-order chi connectivity index (χ1) is 13.7. The van der Waals surface area contributed by atoms with Crippen molar-refractivity contribution in [2.75, 3.05) is 36.4 Å². The van der Waals surface area contributed by atoms with E-state index in [1.54, 1.807) is 0 Å². The zero-order valence-corrected chi connectivity index (χ0v) is 18.8. The number of benzene rings is 1. The number of aryl methyl sites for hydroxylation is 1. The number of anilines is 2. The van der Waals surface area contributed by atoms with Crippen LogP contribution in [-0.4, -0.2) is 52.2 Å². The second-order valence-electron chi connectivity index (χ2n) is 7.41. The molecule has 1 atom stereocenters. The van der Waals surface area contributed by atoms with Crippen LogP contribution >= 0.6 is 17.0 Å². The zero-order valence-electron chi connectivity index (χ0n) is 17.1. The predicted molar refractivity (Wildman–Crippen MR) is 125 cm³/mol. The summed E-state index contributed by atoms with van der Waals surface area (Å²) in [6, 6.07) is 10.5. The van der Waals surface area contributed by atoms with Crippen LogP contribution in [-0.2, 0) is 0 Å². The summed E-state index contributed by atoms with van der Waals surface area (Å²) in [5, 5.41) is 6.12. The Morgan fingerprint density at radius 3 is 2.45 bits per heavy atom. The third-order valence-electron chi connectivity index (χ3n) is 5.34. The topological polar surface area (TPSA) is 57.2 Å². The summed E-state index contributed by atoms with van der Waals surface area (Å²) in [7, 11) is 0. The minimum absolute atomic E-state index is 0. The van der Waals surface area contributed by atoms with Gasteiger partial charge in [0.05, 0.1) is 6.17 Å². The van der Waals surface area contributed by atoms with Crippen molar-refractivity contribution in [2.45, 2.75) is 32.9 Å². The summed E-state index contributed by atoms with van der Waals surface area (Å²) in [5.41, 5.74) is 1.09. The van der Waals surface area contributed by atoms with Crippen molar-refractivity contribution in [2.24, 2.45) is 0 Å². The van der Waals surface area contributed by atoms with Gasteiger partial charge in [0, 0.05) is 50.2 Å². The summed E-state index contributed by atoms with van der Waals surface area (Å²) in [5.74, 6) is 1.81. The van der Waals surface area contributed by atoms with Gasteiger partial charge in [-0.25, -0.2) is 15.0 Å². The monoisotopic (exact) mass is 456 g/mol. The van der Waals surface area contributed by atoms with Gasteiger partial charge in [0.1, 0.15) is 5.82 Å². The summed E-state index contributed by atoms with van der Waals surface area (Å²) >= 11 is 0. The Labute approximate surface area is 183 Å². The number of piperazine rings is 1. The molecule has 154 valence electrons. The lowest BCUT2D eigenvalue weighted by molar-refractivity contribution is 0.192. The van der Waals surface area contributed by atoms with E-state index in [1.165, 1.54) is 10.8 Å². The minimum Gasteiger partial charge on any atom is -0.354 e. The molecule has 0 aliphatic carbocycles. The van der Waals surface area contributed by atoms with Gasteiger partial charge in [-0.05, 0) is 30.4 Å². The normalized spacial score (nSPS) is 15.7. The van der Waals surface area contributed by atoms with Gasteiger partial charge in [-0.15, -0.1) is 17.0 Å². The van der Waals surface area contributed by atoms with Crippen LogP contribution in [0.2, 0.25) is 0 Å². The van der Waals surface area contributed by atoms with Gasteiger partial charge in [0.15, 0.2) is 0 Å². The van der Waals surface area contributed by atoms with E-state index in [4.69, 9.17) is 0 Å². The van der Waals surface area contributed by atoms with E-state index in [1.807, 2.05) is 25.5 Å². The lowest BCUT2D eigenvalue weighted by Gasteiger charge is -2.39. The van der Waals surface area contributed by atoms with Crippen molar-refractivity contribution in [3.8, 4) is 0 Å². The fourth-order valence-electron chi connectivity index (χ4n) is 3.79. The fourth-order valence-corrected chi connectivity index (χ4v) is 3.79. The molecule has 4 rings (SSSR count). The van der Waals surface area contributed by atoms with Crippen LogP contribution in [0.3, 0.4) is 0 Å². The van der Waals surface area contributed by atoms with E-state index in [9.17, 15) is 0 Å². The highest BCUT2D eigenvalue weighted by Crippen LogP contribution is 2.23. The number of fused-ring (bicyclic) bond motifs is 1. The first-order valence-electron chi connectivity index (χ1n) is 10.1. The number of nitrogens with one attached hydrogen (secondary N) is 1. The number of hydrogen-bond donors (Lipinski definition) is 1. The molecular formula is C22H29BrN6. The maximum atomic E-state index is 4.63. The van der Waals surface area contributed by atoms with E-state index in [-0.39, 0.29) is 23.1 Å².